The Morgan fingerprint density at radius 2 is 2.07 bits per heavy atom. The van der Waals surface area contributed by atoms with Crippen molar-refractivity contribution in [3.63, 3.8) is 0 Å². The van der Waals surface area contributed by atoms with E-state index in [2.05, 4.69) is 51.3 Å². The molecule has 0 spiro atoms. The summed E-state index contributed by atoms with van der Waals surface area (Å²) in [4.78, 5) is 11.5. The van der Waals surface area contributed by atoms with Crippen molar-refractivity contribution in [1.29, 1.82) is 0 Å². The molecule has 1 aliphatic rings. The molecule has 0 fully saturated rings. The second-order valence-electron chi connectivity index (χ2n) is 8.45. The average molecular weight is 366 g/mol. The molecule has 3 rings (SSSR count). The van der Waals surface area contributed by atoms with Gasteiger partial charge in [0, 0.05) is 17.1 Å². The third-order valence-corrected chi connectivity index (χ3v) is 6.59. The highest BCUT2D eigenvalue weighted by molar-refractivity contribution is 5.88. The van der Waals surface area contributed by atoms with Crippen LogP contribution in [0.2, 0.25) is 0 Å². The number of rotatable bonds is 5. The number of carbonyl (C=O) groups is 1. The fraction of sp³-hybridized carbons (Fsp3) is 0.458. The standard InChI is InChI=1S/C24H31NO2/c1-6-16(3)22-15-18-13-19(24(4,5)7-2)11-12-21(18)25(22)20-10-8-9-17(14-20)23(26)27/h6,8-10,14-15,19H,7,11-13H2,1-5H3,(H,26,27)/b16-6+. The van der Waals surface area contributed by atoms with Gasteiger partial charge in [-0.15, -0.1) is 0 Å². The molecule has 1 unspecified atom stereocenters. The van der Waals surface area contributed by atoms with Crippen molar-refractivity contribution < 1.29 is 9.90 Å². The van der Waals surface area contributed by atoms with Crippen molar-refractivity contribution in [2.24, 2.45) is 11.3 Å². The highest BCUT2D eigenvalue weighted by Crippen LogP contribution is 2.42. The number of hydrogen-bond acceptors (Lipinski definition) is 1. The Hall–Kier alpha value is -2.29. The Kier molecular flexibility index (Phi) is 5.32. The maximum atomic E-state index is 11.5. The summed E-state index contributed by atoms with van der Waals surface area (Å²) in [6.45, 7) is 11.2. The van der Waals surface area contributed by atoms with Gasteiger partial charge in [-0.1, -0.05) is 39.3 Å². The topological polar surface area (TPSA) is 42.2 Å². The Balaban J connectivity index is 2.13. The summed E-state index contributed by atoms with van der Waals surface area (Å²) in [5.74, 6) is -0.193. The highest BCUT2D eigenvalue weighted by Gasteiger charge is 2.33. The Morgan fingerprint density at radius 1 is 1.33 bits per heavy atom. The van der Waals surface area contributed by atoms with Crippen LogP contribution in [0, 0.1) is 11.3 Å². The van der Waals surface area contributed by atoms with E-state index < -0.39 is 5.97 Å². The number of carboxylic acid groups (broad SMARTS) is 1. The number of aromatic carboxylic acids is 1. The van der Waals surface area contributed by atoms with Gasteiger partial charge < -0.3 is 9.67 Å². The lowest BCUT2D eigenvalue weighted by Gasteiger charge is -2.36. The number of carboxylic acids is 1. The van der Waals surface area contributed by atoms with Crippen molar-refractivity contribution in [2.75, 3.05) is 0 Å². The van der Waals surface area contributed by atoms with Crippen LogP contribution in [0.4, 0.5) is 0 Å². The number of nitrogens with zero attached hydrogens (tertiary/aromatic N) is 1. The zero-order valence-electron chi connectivity index (χ0n) is 17.2. The summed E-state index contributed by atoms with van der Waals surface area (Å²) in [5, 5.41) is 9.40. The lowest BCUT2D eigenvalue weighted by Crippen LogP contribution is -2.29. The van der Waals surface area contributed by atoms with Gasteiger partial charge in [0.1, 0.15) is 0 Å². The first kappa shape index (κ1) is 19.5. The smallest absolute Gasteiger partial charge is 0.335 e. The van der Waals surface area contributed by atoms with Crippen molar-refractivity contribution in [3.05, 3.63) is 58.9 Å². The van der Waals surface area contributed by atoms with E-state index in [1.807, 2.05) is 12.1 Å². The summed E-state index contributed by atoms with van der Waals surface area (Å²) < 4.78 is 2.28. The van der Waals surface area contributed by atoms with Crippen molar-refractivity contribution in [1.82, 2.24) is 4.57 Å². The normalized spacial score (nSPS) is 17.7. The summed E-state index contributed by atoms with van der Waals surface area (Å²) in [7, 11) is 0. The van der Waals surface area contributed by atoms with E-state index in [1.54, 1.807) is 12.1 Å². The minimum absolute atomic E-state index is 0.333. The second kappa shape index (κ2) is 7.38. The van der Waals surface area contributed by atoms with Crippen LogP contribution in [0.3, 0.4) is 0 Å². The molecule has 0 radical (unpaired) electrons. The van der Waals surface area contributed by atoms with Gasteiger partial charge in [-0.3, -0.25) is 0 Å². The molecule has 27 heavy (non-hydrogen) atoms. The molecule has 0 saturated carbocycles. The van der Waals surface area contributed by atoms with Gasteiger partial charge in [0.15, 0.2) is 0 Å². The van der Waals surface area contributed by atoms with Gasteiger partial charge >= 0.3 is 5.97 Å². The third kappa shape index (κ3) is 3.60. The minimum Gasteiger partial charge on any atom is -0.478 e. The van der Waals surface area contributed by atoms with Crippen LogP contribution in [-0.2, 0) is 12.8 Å². The molecular weight excluding hydrogens is 334 g/mol. The van der Waals surface area contributed by atoms with E-state index >= 15 is 0 Å². The van der Waals surface area contributed by atoms with Gasteiger partial charge in [0.05, 0.1) is 5.56 Å². The van der Waals surface area contributed by atoms with Gasteiger partial charge in [0.25, 0.3) is 0 Å². The van der Waals surface area contributed by atoms with E-state index in [4.69, 9.17) is 0 Å². The van der Waals surface area contributed by atoms with Crippen molar-refractivity contribution >= 4 is 11.5 Å². The molecule has 0 aliphatic heterocycles. The van der Waals surface area contributed by atoms with Gasteiger partial charge in [-0.25, -0.2) is 4.79 Å². The Morgan fingerprint density at radius 3 is 2.70 bits per heavy atom. The van der Waals surface area contributed by atoms with Crippen LogP contribution in [0.25, 0.3) is 11.3 Å². The molecule has 1 aliphatic carbocycles. The molecule has 3 nitrogen and oxygen atoms in total. The Bertz CT molecular complexity index is 886. The number of benzene rings is 1. The van der Waals surface area contributed by atoms with Gasteiger partial charge in [-0.2, -0.15) is 0 Å². The van der Waals surface area contributed by atoms with Crippen LogP contribution in [0.5, 0.6) is 0 Å². The Labute approximate surface area is 162 Å². The van der Waals surface area contributed by atoms with Crippen molar-refractivity contribution in [3.8, 4) is 5.69 Å². The maximum Gasteiger partial charge on any atom is 0.335 e. The van der Waals surface area contributed by atoms with E-state index in [9.17, 15) is 9.90 Å². The fourth-order valence-corrected chi connectivity index (χ4v) is 4.20. The summed E-state index contributed by atoms with van der Waals surface area (Å²) in [5.41, 5.74) is 6.79. The number of aromatic nitrogens is 1. The van der Waals surface area contributed by atoms with Crippen molar-refractivity contribution in [2.45, 2.75) is 60.3 Å². The van der Waals surface area contributed by atoms with Gasteiger partial charge in [0.2, 0.25) is 0 Å². The molecule has 1 aromatic heterocycles. The predicted octanol–water partition coefficient (Wildman–Crippen LogP) is 6.14. The van der Waals surface area contributed by atoms with E-state index in [0.717, 1.165) is 18.5 Å². The largest absolute Gasteiger partial charge is 0.478 e. The molecule has 3 heteroatoms. The SMILES string of the molecule is C/C=C(\C)c1cc2c(n1-c1cccc(C(=O)O)c1)CCC(C(C)(C)CC)C2. The predicted molar refractivity (Wildman–Crippen MR) is 112 cm³/mol. The van der Waals surface area contributed by atoms with Crippen LogP contribution in [0.1, 0.15) is 74.8 Å². The molecule has 0 bridgehead atoms. The molecule has 1 heterocycles. The minimum atomic E-state index is -0.882. The molecule has 144 valence electrons. The summed E-state index contributed by atoms with van der Waals surface area (Å²) >= 11 is 0. The monoisotopic (exact) mass is 365 g/mol. The average Bonchev–Trinajstić information content (AvgIpc) is 3.06. The molecule has 0 saturated heterocycles. The zero-order valence-corrected chi connectivity index (χ0v) is 17.2. The zero-order chi connectivity index (χ0) is 19.8. The van der Waals surface area contributed by atoms with E-state index in [-0.39, 0.29) is 0 Å². The molecule has 2 aromatic rings. The molecule has 0 amide bonds. The summed E-state index contributed by atoms with van der Waals surface area (Å²) in [6.07, 6.45) is 6.65. The van der Waals surface area contributed by atoms with E-state index in [0.29, 0.717) is 16.9 Å². The van der Waals surface area contributed by atoms with Crippen LogP contribution in [-0.4, -0.2) is 15.6 Å². The van der Waals surface area contributed by atoms with E-state index in [1.165, 1.54) is 35.4 Å². The summed E-state index contributed by atoms with van der Waals surface area (Å²) in [6, 6.07) is 9.63. The number of fused-ring (bicyclic) bond motifs is 1. The van der Waals surface area contributed by atoms with Crippen LogP contribution in [0.15, 0.2) is 36.4 Å². The number of hydrogen-bond donors (Lipinski definition) is 1. The molecular formula is C24H31NO2. The van der Waals surface area contributed by atoms with Gasteiger partial charge in [-0.05, 0) is 79.8 Å². The first-order valence-corrected chi connectivity index (χ1v) is 9.99. The maximum absolute atomic E-state index is 11.5. The number of allylic oxidation sites excluding steroid dienone is 2. The first-order chi connectivity index (χ1) is 12.8. The van der Waals surface area contributed by atoms with Crippen LogP contribution < -0.4 is 0 Å². The fourth-order valence-electron chi connectivity index (χ4n) is 4.20. The molecule has 1 atom stereocenters. The lowest BCUT2D eigenvalue weighted by molar-refractivity contribution is 0.0697. The lowest BCUT2D eigenvalue weighted by atomic mass is 9.69. The highest BCUT2D eigenvalue weighted by atomic mass is 16.4. The third-order valence-electron chi connectivity index (χ3n) is 6.59. The molecule has 1 N–H and O–H groups in total. The quantitative estimate of drug-likeness (QED) is 0.691. The van der Waals surface area contributed by atoms with Crippen LogP contribution >= 0.6 is 0 Å². The first-order valence-electron chi connectivity index (χ1n) is 9.99. The second-order valence-corrected chi connectivity index (χ2v) is 8.45. The molecule has 1 aromatic carbocycles.